The number of benzene rings is 3. The zero-order valence-corrected chi connectivity index (χ0v) is 24.6. The van der Waals surface area contributed by atoms with Gasteiger partial charge in [-0.3, -0.25) is 4.90 Å². The number of ether oxygens (including phenoxy) is 2. The quantitative estimate of drug-likeness (QED) is 0.275. The molecule has 3 aromatic carbocycles. The third-order valence-electron chi connectivity index (χ3n) is 8.53. The van der Waals surface area contributed by atoms with Crippen molar-refractivity contribution in [3.8, 4) is 17.2 Å². The van der Waals surface area contributed by atoms with Gasteiger partial charge in [-0.2, -0.15) is 0 Å². The van der Waals surface area contributed by atoms with Gasteiger partial charge in [0.2, 0.25) is 0 Å². The van der Waals surface area contributed by atoms with Gasteiger partial charge in [0.05, 0.1) is 7.11 Å². The molecule has 214 valence electrons. The van der Waals surface area contributed by atoms with Crippen molar-refractivity contribution in [3.05, 3.63) is 82.9 Å². The smallest absolute Gasteiger partial charge is 0.120 e. The molecule has 1 fully saturated rings. The van der Waals surface area contributed by atoms with E-state index in [9.17, 15) is 5.11 Å². The number of piperidine rings is 1. The van der Waals surface area contributed by atoms with Crippen molar-refractivity contribution in [3.63, 3.8) is 0 Å². The Labute approximate surface area is 240 Å². The second-order valence-corrected chi connectivity index (χ2v) is 11.7. The van der Waals surface area contributed by atoms with Crippen LogP contribution in [-0.2, 0) is 19.4 Å². The number of phenols is 1. The summed E-state index contributed by atoms with van der Waals surface area (Å²) in [5.41, 5.74) is 6.57. The predicted molar refractivity (Wildman–Crippen MR) is 164 cm³/mol. The number of fused-ring (bicyclic) bond motifs is 1. The molecule has 2 atom stereocenters. The SMILES string of the molecule is CCCN(Cc1ccc(OC(C)CN2CCCCC2)cc1)c1cc(OC)ccc1C1CCc2cc(O)ccc2C1. The van der Waals surface area contributed by atoms with E-state index in [2.05, 4.69) is 72.2 Å². The first-order valence-corrected chi connectivity index (χ1v) is 15.2. The van der Waals surface area contributed by atoms with Crippen molar-refractivity contribution in [1.82, 2.24) is 4.90 Å². The van der Waals surface area contributed by atoms with E-state index in [0.29, 0.717) is 11.7 Å². The Morgan fingerprint density at radius 1 is 0.950 bits per heavy atom. The lowest BCUT2D eigenvalue weighted by Gasteiger charge is -2.32. The molecule has 1 aliphatic heterocycles. The fourth-order valence-electron chi connectivity index (χ4n) is 6.50. The number of nitrogens with zero attached hydrogens (tertiary/aromatic N) is 2. The van der Waals surface area contributed by atoms with E-state index in [1.54, 1.807) is 7.11 Å². The molecule has 0 aromatic heterocycles. The Bertz CT molecular complexity index is 1240. The molecule has 0 spiro atoms. The van der Waals surface area contributed by atoms with Crippen LogP contribution in [0.25, 0.3) is 0 Å². The van der Waals surface area contributed by atoms with E-state index >= 15 is 0 Å². The van der Waals surface area contributed by atoms with Gasteiger partial charge < -0.3 is 19.5 Å². The van der Waals surface area contributed by atoms with E-state index < -0.39 is 0 Å². The Morgan fingerprint density at radius 3 is 2.48 bits per heavy atom. The molecule has 0 saturated carbocycles. The van der Waals surface area contributed by atoms with E-state index in [1.165, 1.54) is 60.3 Å². The summed E-state index contributed by atoms with van der Waals surface area (Å²) in [5, 5.41) is 9.94. The van der Waals surface area contributed by atoms with Gasteiger partial charge in [-0.05, 0) is 117 Å². The molecule has 3 aromatic rings. The average Bonchev–Trinajstić information content (AvgIpc) is 2.98. The molecule has 2 aliphatic rings. The molecule has 1 aliphatic carbocycles. The normalized spacial score (nSPS) is 18.1. The van der Waals surface area contributed by atoms with Gasteiger partial charge in [-0.25, -0.2) is 0 Å². The summed E-state index contributed by atoms with van der Waals surface area (Å²) in [5.74, 6) is 2.65. The number of aryl methyl sites for hydroxylation is 1. The van der Waals surface area contributed by atoms with Crippen LogP contribution in [0.2, 0.25) is 0 Å². The summed E-state index contributed by atoms with van der Waals surface area (Å²) in [7, 11) is 1.75. The fraction of sp³-hybridized carbons (Fsp3) is 0.486. The highest BCUT2D eigenvalue weighted by Crippen LogP contribution is 2.40. The molecule has 0 amide bonds. The first-order chi connectivity index (χ1) is 19.5. The molecular weight excluding hydrogens is 496 g/mol. The zero-order valence-electron chi connectivity index (χ0n) is 24.6. The maximum absolute atomic E-state index is 9.94. The number of methoxy groups -OCH3 is 1. The van der Waals surface area contributed by atoms with Gasteiger partial charge in [0.1, 0.15) is 23.4 Å². The number of hydrogen-bond donors (Lipinski definition) is 1. The largest absolute Gasteiger partial charge is 0.508 e. The molecule has 0 radical (unpaired) electrons. The van der Waals surface area contributed by atoms with Gasteiger partial charge in [0, 0.05) is 31.4 Å². The minimum Gasteiger partial charge on any atom is -0.508 e. The van der Waals surface area contributed by atoms with Crippen molar-refractivity contribution >= 4 is 5.69 Å². The summed E-state index contributed by atoms with van der Waals surface area (Å²) in [6.07, 6.45) is 8.30. The molecule has 5 heteroatoms. The minimum absolute atomic E-state index is 0.185. The molecule has 40 heavy (non-hydrogen) atoms. The Balaban J connectivity index is 1.31. The van der Waals surface area contributed by atoms with E-state index in [1.807, 2.05) is 12.1 Å². The van der Waals surface area contributed by atoms with Crippen molar-refractivity contribution in [2.24, 2.45) is 0 Å². The summed E-state index contributed by atoms with van der Waals surface area (Å²) in [6.45, 7) is 9.64. The molecule has 5 nitrogen and oxygen atoms in total. The highest BCUT2D eigenvalue weighted by Gasteiger charge is 2.25. The molecule has 1 saturated heterocycles. The predicted octanol–water partition coefficient (Wildman–Crippen LogP) is 7.34. The fourth-order valence-corrected chi connectivity index (χ4v) is 6.50. The number of aromatic hydroxyl groups is 1. The third-order valence-corrected chi connectivity index (χ3v) is 8.53. The number of phenolic OH excluding ortho intramolecular Hbond substituents is 1. The second kappa shape index (κ2) is 13.5. The number of likely N-dealkylation sites (tertiary alicyclic amines) is 1. The summed E-state index contributed by atoms with van der Waals surface area (Å²) >= 11 is 0. The van der Waals surface area contributed by atoms with Crippen LogP contribution in [0.1, 0.15) is 74.1 Å². The van der Waals surface area contributed by atoms with Crippen LogP contribution in [0.3, 0.4) is 0 Å². The maximum Gasteiger partial charge on any atom is 0.120 e. The summed E-state index contributed by atoms with van der Waals surface area (Å²) in [4.78, 5) is 5.05. The lowest BCUT2D eigenvalue weighted by Crippen LogP contribution is -2.37. The van der Waals surface area contributed by atoms with Gasteiger partial charge in [0.25, 0.3) is 0 Å². The molecule has 1 heterocycles. The van der Waals surface area contributed by atoms with Crippen LogP contribution >= 0.6 is 0 Å². The van der Waals surface area contributed by atoms with E-state index in [0.717, 1.165) is 56.8 Å². The van der Waals surface area contributed by atoms with Crippen molar-refractivity contribution < 1.29 is 14.6 Å². The van der Waals surface area contributed by atoms with E-state index in [4.69, 9.17) is 9.47 Å². The number of anilines is 1. The lowest BCUT2D eigenvalue weighted by atomic mass is 9.79. The van der Waals surface area contributed by atoms with Crippen LogP contribution in [-0.4, -0.2) is 49.4 Å². The van der Waals surface area contributed by atoms with Crippen LogP contribution in [0.5, 0.6) is 17.2 Å². The molecule has 5 rings (SSSR count). The zero-order chi connectivity index (χ0) is 27.9. The number of rotatable bonds is 11. The average molecular weight is 543 g/mol. The molecule has 0 bridgehead atoms. The first-order valence-electron chi connectivity index (χ1n) is 15.2. The van der Waals surface area contributed by atoms with Crippen LogP contribution in [0.15, 0.2) is 60.7 Å². The Kier molecular flexibility index (Phi) is 9.53. The Morgan fingerprint density at radius 2 is 1.73 bits per heavy atom. The highest BCUT2D eigenvalue weighted by atomic mass is 16.5. The van der Waals surface area contributed by atoms with Crippen molar-refractivity contribution in [2.45, 2.75) is 77.4 Å². The lowest BCUT2D eigenvalue weighted by molar-refractivity contribution is 0.130. The summed E-state index contributed by atoms with van der Waals surface area (Å²) in [6, 6.07) is 21.1. The van der Waals surface area contributed by atoms with Gasteiger partial charge in [-0.1, -0.05) is 37.6 Å². The topological polar surface area (TPSA) is 45.2 Å². The standard InChI is InChI=1S/C35H46N2O3/c1-4-18-37(25-27-8-14-32(15-9-27)40-26(2)24-36-19-6-5-7-20-36)35-23-33(39-3)16-17-34(35)30-11-10-29-22-31(38)13-12-28(29)21-30/h8-9,12-17,22-23,26,30,38H,4-7,10-11,18-21,24-25H2,1-3H3. The summed E-state index contributed by atoms with van der Waals surface area (Å²) < 4.78 is 12.0. The third kappa shape index (κ3) is 7.11. The molecule has 1 N–H and O–H groups in total. The van der Waals surface area contributed by atoms with Gasteiger partial charge in [0.15, 0.2) is 0 Å². The maximum atomic E-state index is 9.94. The van der Waals surface area contributed by atoms with Gasteiger partial charge >= 0.3 is 0 Å². The van der Waals surface area contributed by atoms with E-state index in [-0.39, 0.29) is 6.10 Å². The molecular formula is C35H46N2O3. The second-order valence-electron chi connectivity index (χ2n) is 11.7. The number of hydrogen-bond acceptors (Lipinski definition) is 5. The monoisotopic (exact) mass is 542 g/mol. The first kappa shape index (κ1) is 28.4. The van der Waals surface area contributed by atoms with Crippen molar-refractivity contribution in [2.75, 3.05) is 38.2 Å². The van der Waals surface area contributed by atoms with Gasteiger partial charge in [-0.15, -0.1) is 0 Å². The van der Waals surface area contributed by atoms with Crippen LogP contribution in [0, 0.1) is 0 Å². The van der Waals surface area contributed by atoms with Crippen LogP contribution in [0.4, 0.5) is 5.69 Å². The van der Waals surface area contributed by atoms with Crippen molar-refractivity contribution in [1.29, 1.82) is 0 Å². The minimum atomic E-state index is 0.185. The Hall–Kier alpha value is -3.18. The highest BCUT2D eigenvalue weighted by molar-refractivity contribution is 5.60. The van der Waals surface area contributed by atoms with Crippen LogP contribution < -0.4 is 14.4 Å². The molecule has 2 unspecified atom stereocenters.